The molecule has 160 valence electrons. The highest BCUT2D eigenvalue weighted by atomic mass is 28.4. The van der Waals surface area contributed by atoms with Gasteiger partial charge in [0.2, 0.25) is 0 Å². The molecule has 1 saturated heterocycles. The standard InChI is InChI=1S/C23H29NO5Si/c1-23(2,3)30(5,6)29-20(16-10-8-7-9-11-16)19-21(25)28-22(26)24(19)17-12-14-18(27-4)15-13-17/h7-15,19-20H,1-6H3/t19-,20+/m0/s1. The second-order valence-corrected chi connectivity index (χ2v) is 13.7. The summed E-state index contributed by atoms with van der Waals surface area (Å²) >= 11 is 0. The Kier molecular flexibility index (Phi) is 6.05. The highest BCUT2D eigenvalue weighted by molar-refractivity contribution is 6.74. The molecule has 0 spiro atoms. The second kappa shape index (κ2) is 8.24. The van der Waals surface area contributed by atoms with Crippen molar-refractivity contribution >= 4 is 26.1 Å². The molecule has 1 aliphatic rings. The largest absolute Gasteiger partial charge is 0.497 e. The number of amides is 1. The summed E-state index contributed by atoms with van der Waals surface area (Å²) in [4.78, 5) is 26.9. The summed E-state index contributed by atoms with van der Waals surface area (Å²) in [6.07, 6.45) is -1.34. The van der Waals surface area contributed by atoms with E-state index in [-0.39, 0.29) is 5.04 Å². The van der Waals surface area contributed by atoms with Gasteiger partial charge in [-0.2, -0.15) is 0 Å². The van der Waals surface area contributed by atoms with Crippen molar-refractivity contribution in [3.8, 4) is 5.75 Å². The van der Waals surface area contributed by atoms with Crippen LogP contribution in [-0.2, 0) is 14.0 Å². The van der Waals surface area contributed by atoms with Crippen molar-refractivity contribution in [1.82, 2.24) is 0 Å². The molecule has 2 aromatic rings. The number of rotatable bonds is 6. The van der Waals surface area contributed by atoms with E-state index in [0.717, 1.165) is 5.56 Å². The van der Waals surface area contributed by atoms with E-state index in [1.807, 2.05) is 30.3 Å². The molecule has 3 rings (SSSR count). The van der Waals surface area contributed by atoms with Crippen LogP contribution >= 0.6 is 0 Å². The normalized spacial score (nSPS) is 18.3. The molecule has 0 saturated carbocycles. The highest BCUT2D eigenvalue weighted by Crippen LogP contribution is 2.43. The second-order valence-electron chi connectivity index (χ2n) is 8.91. The van der Waals surface area contributed by atoms with E-state index in [0.29, 0.717) is 11.4 Å². The number of anilines is 1. The van der Waals surface area contributed by atoms with E-state index in [2.05, 4.69) is 33.9 Å². The first-order chi connectivity index (χ1) is 14.0. The molecule has 1 aliphatic heterocycles. The molecule has 0 aromatic heterocycles. The summed E-state index contributed by atoms with van der Waals surface area (Å²) in [5.41, 5.74) is 1.38. The molecule has 1 fully saturated rings. The Morgan fingerprint density at radius 2 is 1.60 bits per heavy atom. The van der Waals surface area contributed by atoms with Crippen LogP contribution in [0.2, 0.25) is 18.1 Å². The first-order valence-electron chi connectivity index (χ1n) is 9.97. The molecular formula is C23H29NO5Si. The van der Waals surface area contributed by atoms with Gasteiger partial charge in [0.05, 0.1) is 7.11 Å². The van der Waals surface area contributed by atoms with Gasteiger partial charge < -0.3 is 13.9 Å². The maximum Gasteiger partial charge on any atom is 0.423 e. The van der Waals surface area contributed by atoms with Crippen molar-refractivity contribution < 1.29 is 23.5 Å². The fourth-order valence-corrected chi connectivity index (χ4v) is 4.39. The molecule has 0 aliphatic carbocycles. The first kappa shape index (κ1) is 22.1. The average Bonchev–Trinajstić information content (AvgIpc) is 2.99. The van der Waals surface area contributed by atoms with Crippen LogP contribution in [0.5, 0.6) is 5.75 Å². The summed E-state index contributed by atoms with van der Waals surface area (Å²) in [6, 6.07) is 15.6. The van der Waals surface area contributed by atoms with Gasteiger partial charge in [-0.25, -0.2) is 9.59 Å². The summed E-state index contributed by atoms with van der Waals surface area (Å²) in [7, 11) is -0.708. The molecule has 0 N–H and O–H groups in total. The predicted octanol–water partition coefficient (Wildman–Crippen LogP) is 5.31. The lowest BCUT2D eigenvalue weighted by atomic mass is 10.0. The van der Waals surface area contributed by atoms with Crippen LogP contribution in [0.15, 0.2) is 54.6 Å². The van der Waals surface area contributed by atoms with Gasteiger partial charge in [-0.3, -0.25) is 4.90 Å². The molecule has 2 atom stereocenters. The lowest BCUT2D eigenvalue weighted by molar-refractivity contribution is -0.137. The number of hydrogen-bond donors (Lipinski definition) is 0. The Morgan fingerprint density at radius 1 is 1.00 bits per heavy atom. The molecule has 0 bridgehead atoms. The van der Waals surface area contributed by atoms with Gasteiger partial charge in [-0.05, 0) is 48.0 Å². The molecule has 2 aromatic carbocycles. The minimum atomic E-state index is -2.28. The Labute approximate surface area is 178 Å². The van der Waals surface area contributed by atoms with E-state index in [1.54, 1.807) is 31.4 Å². The molecular weight excluding hydrogens is 398 g/mol. The van der Waals surface area contributed by atoms with E-state index in [9.17, 15) is 9.59 Å². The molecule has 6 nitrogen and oxygen atoms in total. The minimum absolute atomic E-state index is 0.0719. The van der Waals surface area contributed by atoms with Crippen molar-refractivity contribution in [2.45, 2.75) is 51.0 Å². The zero-order chi connectivity index (χ0) is 22.1. The lowest BCUT2D eigenvalue weighted by Gasteiger charge is -2.41. The van der Waals surface area contributed by atoms with Crippen LogP contribution in [0, 0.1) is 0 Å². The molecule has 30 heavy (non-hydrogen) atoms. The van der Waals surface area contributed by atoms with Crippen molar-refractivity contribution in [1.29, 1.82) is 0 Å². The third kappa shape index (κ3) is 4.27. The number of hydrogen-bond acceptors (Lipinski definition) is 5. The van der Waals surface area contributed by atoms with E-state index < -0.39 is 32.5 Å². The minimum Gasteiger partial charge on any atom is -0.497 e. The number of cyclic esters (lactones) is 2. The third-order valence-corrected chi connectivity index (χ3v) is 10.4. The molecule has 1 amide bonds. The van der Waals surface area contributed by atoms with Crippen LogP contribution in [0.1, 0.15) is 32.4 Å². The molecule has 7 heteroatoms. The van der Waals surface area contributed by atoms with Crippen LogP contribution in [-0.4, -0.2) is 33.5 Å². The van der Waals surface area contributed by atoms with Gasteiger partial charge in [0.25, 0.3) is 0 Å². The van der Waals surface area contributed by atoms with E-state index in [4.69, 9.17) is 13.9 Å². The first-order valence-corrected chi connectivity index (χ1v) is 12.9. The van der Waals surface area contributed by atoms with E-state index in [1.165, 1.54) is 4.90 Å². The van der Waals surface area contributed by atoms with E-state index >= 15 is 0 Å². The number of carbonyl (C=O) groups excluding carboxylic acids is 2. The van der Waals surface area contributed by atoms with Crippen LogP contribution in [0.4, 0.5) is 10.5 Å². The number of ether oxygens (including phenoxy) is 2. The van der Waals surface area contributed by atoms with Gasteiger partial charge in [-0.1, -0.05) is 51.1 Å². The summed E-state index contributed by atoms with van der Waals surface area (Å²) in [6.45, 7) is 10.7. The Bertz CT molecular complexity index is 905. The van der Waals surface area contributed by atoms with Crippen LogP contribution in [0.25, 0.3) is 0 Å². The Hall–Kier alpha value is -2.64. The van der Waals surface area contributed by atoms with Gasteiger partial charge >= 0.3 is 12.1 Å². The fourth-order valence-electron chi connectivity index (χ4n) is 3.13. The fraction of sp³-hybridized carbons (Fsp3) is 0.391. The summed E-state index contributed by atoms with van der Waals surface area (Å²) < 4.78 is 17.0. The third-order valence-electron chi connectivity index (χ3n) is 5.90. The molecule has 1 heterocycles. The van der Waals surface area contributed by atoms with Gasteiger partial charge in [0, 0.05) is 5.69 Å². The maximum atomic E-state index is 12.9. The monoisotopic (exact) mass is 427 g/mol. The smallest absolute Gasteiger partial charge is 0.423 e. The number of methoxy groups -OCH3 is 1. The van der Waals surface area contributed by atoms with Crippen molar-refractivity contribution in [2.75, 3.05) is 12.0 Å². The number of esters is 1. The predicted molar refractivity (Wildman–Crippen MR) is 118 cm³/mol. The Balaban J connectivity index is 2.07. The van der Waals surface area contributed by atoms with Gasteiger partial charge in [0.1, 0.15) is 11.9 Å². The number of carbonyl (C=O) groups is 2. The summed E-state index contributed by atoms with van der Waals surface area (Å²) in [5.74, 6) is 0.0507. The lowest BCUT2D eigenvalue weighted by Crippen LogP contribution is -2.48. The van der Waals surface area contributed by atoms with Crippen molar-refractivity contribution in [3.63, 3.8) is 0 Å². The molecule has 0 radical (unpaired) electrons. The van der Waals surface area contributed by atoms with Crippen LogP contribution in [0.3, 0.4) is 0 Å². The zero-order valence-corrected chi connectivity index (χ0v) is 19.3. The van der Waals surface area contributed by atoms with Gasteiger partial charge in [0.15, 0.2) is 14.4 Å². The Morgan fingerprint density at radius 3 is 2.13 bits per heavy atom. The number of benzene rings is 2. The maximum absolute atomic E-state index is 12.9. The number of nitrogens with zero attached hydrogens (tertiary/aromatic N) is 1. The highest BCUT2D eigenvalue weighted by Gasteiger charge is 2.51. The van der Waals surface area contributed by atoms with Crippen molar-refractivity contribution in [2.24, 2.45) is 0 Å². The molecule has 0 unspecified atom stereocenters. The summed E-state index contributed by atoms with van der Waals surface area (Å²) in [5, 5.41) is -0.0719. The zero-order valence-electron chi connectivity index (χ0n) is 18.3. The SMILES string of the molecule is COc1ccc(N2C(=O)OC(=O)[C@@H]2[C@H](O[Si](C)(C)C(C)(C)C)c2ccccc2)cc1. The van der Waals surface area contributed by atoms with Crippen molar-refractivity contribution in [3.05, 3.63) is 60.2 Å². The average molecular weight is 428 g/mol. The van der Waals surface area contributed by atoms with Gasteiger partial charge in [-0.15, -0.1) is 0 Å². The topological polar surface area (TPSA) is 65.1 Å². The van der Waals surface area contributed by atoms with Crippen LogP contribution < -0.4 is 9.64 Å². The quantitative estimate of drug-likeness (QED) is 0.355.